The van der Waals surface area contributed by atoms with Gasteiger partial charge in [0.1, 0.15) is 11.3 Å². The van der Waals surface area contributed by atoms with Crippen molar-refractivity contribution < 1.29 is 27.5 Å². The molecule has 3 heterocycles. The Bertz CT molecular complexity index is 1060. The molecular weight excluding hydrogens is 436 g/mol. The van der Waals surface area contributed by atoms with Crippen molar-refractivity contribution in [1.29, 1.82) is 0 Å². The number of halogens is 4. The number of hydrogen-bond donors (Lipinski definition) is 2. The van der Waals surface area contributed by atoms with Crippen molar-refractivity contribution in [3.05, 3.63) is 40.8 Å². The second-order valence-corrected chi connectivity index (χ2v) is 8.50. The van der Waals surface area contributed by atoms with Crippen LogP contribution < -0.4 is 5.32 Å². The molecule has 11 heteroatoms. The van der Waals surface area contributed by atoms with Crippen LogP contribution in [0.5, 0.6) is 0 Å². The van der Waals surface area contributed by atoms with Crippen LogP contribution in [-0.2, 0) is 4.79 Å². The summed E-state index contributed by atoms with van der Waals surface area (Å²) in [5.41, 5.74) is 1.45. The van der Waals surface area contributed by atoms with Crippen molar-refractivity contribution >= 4 is 28.2 Å². The van der Waals surface area contributed by atoms with E-state index in [9.17, 15) is 17.6 Å². The van der Waals surface area contributed by atoms with Gasteiger partial charge in [-0.15, -0.1) is 0 Å². The first-order chi connectivity index (χ1) is 14.6. The summed E-state index contributed by atoms with van der Waals surface area (Å²) >= 11 is 1.64. The zero-order chi connectivity index (χ0) is 22.8. The first-order valence-corrected chi connectivity index (χ1v) is 10.5. The van der Waals surface area contributed by atoms with Gasteiger partial charge >= 0.3 is 12.1 Å². The molecule has 168 valence electrons. The SMILES string of the molecule is CC(C)c1nn(-c2ncc(C3CCNCC3)s2)c2c(F)cccc12.O=C(O)C(F)(F)F. The first-order valence-electron chi connectivity index (χ1n) is 9.73. The molecule has 0 amide bonds. The van der Waals surface area contributed by atoms with E-state index in [1.54, 1.807) is 22.1 Å². The number of fused-ring (bicyclic) bond motifs is 1. The molecule has 0 spiro atoms. The minimum atomic E-state index is -5.08. The number of carbonyl (C=O) groups is 1. The third kappa shape index (κ3) is 5.21. The number of piperidine rings is 1. The molecule has 2 N–H and O–H groups in total. The van der Waals surface area contributed by atoms with Crippen LogP contribution >= 0.6 is 11.3 Å². The highest BCUT2D eigenvalue weighted by atomic mass is 32.1. The Morgan fingerprint density at radius 1 is 1.29 bits per heavy atom. The van der Waals surface area contributed by atoms with E-state index < -0.39 is 12.1 Å². The normalized spacial score (nSPS) is 15.2. The fourth-order valence-corrected chi connectivity index (χ4v) is 4.43. The predicted octanol–water partition coefficient (Wildman–Crippen LogP) is 4.84. The van der Waals surface area contributed by atoms with Gasteiger partial charge in [-0.1, -0.05) is 37.3 Å². The van der Waals surface area contributed by atoms with Crippen LogP contribution in [0.1, 0.15) is 49.1 Å². The Morgan fingerprint density at radius 3 is 2.52 bits per heavy atom. The maximum atomic E-state index is 14.5. The Kier molecular flexibility index (Phi) is 6.95. The van der Waals surface area contributed by atoms with E-state index in [0.717, 1.165) is 42.1 Å². The molecule has 0 aliphatic carbocycles. The summed E-state index contributed by atoms with van der Waals surface area (Å²) in [7, 11) is 0. The number of para-hydroxylation sites is 1. The number of nitrogens with one attached hydrogen (secondary N) is 1. The summed E-state index contributed by atoms with van der Waals surface area (Å²) < 4.78 is 47.9. The van der Waals surface area contributed by atoms with E-state index >= 15 is 0 Å². The molecule has 0 atom stereocenters. The summed E-state index contributed by atoms with van der Waals surface area (Å²) in [6, 6.07) is 5.18. The number of aliphatic carboxylic acids is 1. The maximum Gasteiger partial charge on any atom is 0.490 e. The van der Waals surface area contributed by atoms with E-state index in [2.05, 4.69) is 24.1 Å². The van der Waals surface area contributed by atoms with Crippen LogP contribution in [0.4, 0.5) is 17.6 Å². The van der Waals surface area contributed by atoms with Crippen LogP contribution in [0.15, 0.2) is 24.4 Å². The van der Waals surface area contributed by atoms with Gasteiger partial charge in [-0.25, -0.2) is 18.9 Å². The van der Waals surface area contributed by atoms with Gasteiger partial charge in [0.05, 0.1) is 5.69 Å². The lowest BCUT2D eigenvalue weighted by molar-refractivity contribution is -0.192. The van der Waals surface area contributed by atoms with Crippen molar-refractivity contribution in [3.8, 4) is 5.13 Å². The number of benzene rings is 1. The highest BCUT2D eigenvalue weighted by Crippen LogP contribution is 2.34. The molecule has 3 aromatic rings. The quantitative estimate of drug-likeness (QED) is 0.549. The van der Waals surface area contributed by atoms with Gasteiger partial charge in [0.25, 0.3) is 0 Å². The average Bonchev–Trinajstić information content (AvgIpc) is 3.34. The number of nitrogens with zero attached hydrogens (tertiary/aromatic N) is 3. The summed E-state index contributed by atoms with van der Waals surface area (Å²) in [4.78, 5) is 14.7. The number of aromatic nitrogens is 3. The van der Waals surface area contributed by atoms with E-state index in [0.29, 0.717) is 11.4 Å². The minimum absolute atomic E-state index is 0.236. The van der Waals surface area contributed by atoms with E-state index in [1.165, 1.54) is 10.9 Å². The Hall–Kier alpha value is -2.53. The molecule has 1 fully saturated rings. The second-order valence-electron chi connectivity index (χ2n) is 7.46. The highest BCUT2D eigenvalue weighted by molar-refractivity contribution is 7.14. The van der Waals surface area contributed by atoms with E-state index in [1.807, 2.05) is 12.3 Å². The summed E-state index contributed by atoms with van der Waals surface area (Å²) in [6.45, 7) is 6.27. The number of alkyl halides is 3. The van der Waals surface area contributed by atoms with Crippen molar-refractivity contribution in [3.63, 3.8) is 0 Å². The molecule has 6 nitrogen and oxygen atoms in total. The molecule has 0 saturated carbocycles. The van der Waals surface area contributed by atoms with E-state index in [4.69, 9.17) is 15.0 Å². The molecule has 0 bridgehead atoms. The van der Waals surface area contributed by atoms with Gasteiger partial charge in [0.2, 0.25) is 5.13 Å². The fraction of sp³-hybridized carbons (Fsp3) is 0.450. The Morgan fingerprint density at radius 2 is 1.94 bits per heavy atom. The van der Waals surface area contributed by atoms with Gasteiger partial charge < -0.3 is 10.4 Å². The van der Waals surface area contributed by atoms with Gasteiger partial charge in [0.15, 0.2) is 0 Å². The molecule has 4 rings (SSSR count). The van der Waals surface area contributed by atoms with Crippen LogP contribution in [0.25, 0.3) is 16.0 Å². The van der Waals surface area contributed by atoms with Gasteiger partial charge in [-0.2, -0.15) is 18.3 Å². The van der Waals surface area contributed by atoms with Crippen molar-refractivity contribution in [2.75, 3.05) is 13.1 Å². The lowest BCUT2D eigenvalue weighted by Crippen LogP contribution is -2.26. The monoisotopic (exact) mass is 458 g/mol. The molecule has 2 aromatic heterocycles. The van der Waals surface area contributed by atoms with Crippen LogP contribution in [0, 0.1) is 5.82 Å². The standard InChI is InChI=1S/C18H21FN4S.C2HF3O2/c1-11(2)16-13-4-3-5-14(19)17(13)23(22-16)18-21-10-15(24-18)12-6-8-20-9-7-12;3-2(4,5)1(6)7/h3-5,10-12,20H,6-9H2,1-2H3;(H,6,7). The molecule has 1 aliphatic heterocycles. The zero-order valence-corrected chi connectivity index (χ0v) is 17.7. The van der Waals surface area contributed by atoms with Crippen LogP contribution in [0.3, 0.4) is 0 Å². The molecule has 1 aromatic carbocycles. The third-order valence-corrected chi connectivity index (χ3v) is 6.04. The third-order valence-electron chi connectivity index (χ3n) is 4.91. The number of carboxylic acid groups (broad SMARTS) is 1. The zero-order valence-electron chi connectivity index (χ0n) is 16.9. The van der Waals surface area contributed by atoms with E-state index in [-0.39, 0.29) is 11.7 Å². The van der Waals surface area contributed by atoms with Crippen LogP contribution in [-0.4, -0.2) is 45.1 Å². The Balaban J connectivity index is 0.000000339. The molecular formula is C20H22F4N4O2S. The van der Waals surface area contributed by atoms with Crippen LogP contribution in [0.2, 0.25) is 0 Å². The molecule has 31 heavy (non-hydrogen) atoms. The number of thiazole rings is 1. The van der Waals surface area contributed by atoms with Gasteiger partial charge in [0, 0.05) is 16.5 Å². The first kappa shape index (κ1) is 23.1. The molecule has 0 radical (unpaired) electrons. The summed E-state index contributed by atoms with van der Waals surface area (Å²) in [5.74, 6) is -2.22. The highest BCUT2D eigenvalue weighted by Gasteiger charge is 2.38. The lowest BCUT2D eigenvalue weighted by atomic mass is 9.97. The lowest BCUT2D eigenvalue weighted by Gasteiger charge is -2.20. The Labute approximate surface area is 179 Å². The second kappa shape index (κ2) is 9.31. The van der Waals surface area contributed by atoms with Crippen molar-refractivity contribution in [2.45, 2.75) is 44.7 Å². The van der Waals surface area contributed by atoms with Crippen molar-refractivity contribution in [2.24, 2.45) is 0 Å². The predicted molar refractivity (Wildman–Crippen MR) is 109 cm³/mol. The topological polar surface area (TPSA) is 80.0 Å². The molecule has 1 saturated heterocycles. The maximum absolute atomic E-state index is 14.5. The fourth-order valence-electron chi connectivity index (χ4n) is 3.38. The van der Waals surface area contributed by atoms with Crippen molar-refractivity contribution in [1.82, 2.24) is 20.1 Å². The average molecular weight is 458 g/mol. The largest absolute Gasteiger partial charge is 0.490 e. The number of carboxylic acids is 1. The van der Waals surface area contributed by atoms with Gasteiger partial charge in [-0.3, -0.25) is 0 Å². The number of hydrogen-bond acceptors (Lipinski definition) is 5. The summed E-state index contributed by atoms with van der Waals surface area (Å²) in [6.07, 6.45) is -0.875. The molecule has 1 aliphatic rings. The van der Waals surface area contributed by atoms with Gasteiger partial charge in [-0.05, 0) is 43.8 Å². The minimum Gasteiger partial charge on any atom is -0.475 e. The summed E-state index contributed by atoms with van der Waals surface area (Å²) in [5, 5.41) is 16.8. The smallest absolute Gasteiger partial charge is 0.475 e. The number of rotatable bonds is 3. The molecule has 0 unspecified atom stereocenters.